The number of aryl methyl sites for hydroxylation is 1. The van der Waals surface area contributed by atoms with E-state index in [1.165, 1.54) is 4.88 Å². The van der Waals surface area contributed by atoms with Gasteiger partial charge in [-0.15, -0.1) is 11.3 Å². The van der Waals surface area contributed by atoms with Gasteiger partial charge in [0.2, 0.25) is 5.95 Å². The zero-order valence-corrected chi connectivity index (χ0v) is 11.7. The lowest BCUT2D eigenvalue weighted by Crippen LogP contribution is -2.19. The van der Waals surface area contributed by atoms with Gasteiger partial charge in [0, 0.05) is 36.1 Å². The van der Waals surface area contributed by atoms with Crippen LogP contribution in [0.4, 0.5) is 11.8 Å². The van der Waals surface area contributed by atoms with Gasteiger partial charge >= 0.3 is 0 Å². The number of anilines is 2. The van der Waals surface area contributed by atoms with Crippen LogP contribution in [-0.2, 0) is 6.42 Å². The molecule has 0 aliphatic heterocycles. The maximum Gasteiger partial charge on any atom is 0.224 e. The van der Waals surface area contributed by atoms with Gasteiger partial charge in [0.1, 0.15) is 5.82 Å². The number of aromatic nitrogens is 2. The number of hydrogen-bond acceptors (Lipinski definition) is 5. The molecule has 0 radical (unpaired) electrons. The zero-order valence-electron chi connectivity index (χ0n) is 10.9. The molecule has 0 bridgehead atoms. The summed E-state index contributed by atoms with van der Waals surface area (Å²) >= 11 is 1.79. The molecule has 4 nitrogen and oxygen atoms in total. The number of nitrogens with zero attached hydrogens (tertiary/aromatic N) is 2. The van der Waals surface area contributed by atoms with E-state index in [1.54, 1.807) is 11.3 Å². The van der Waals surface area contributed by atoms with E-state index in [0.717, 1.165) is 17.9 Å². The highest BCUT2D eigenvalue weighted by Gasteiger charge is 2.07. The van der Waals surface area contributed by atoms with E-state index >= 15 is 0 Å². The molecule has 0 fully saturated rings. The van der Waals surface area contributed by atoms with Gasteiger partial charge in [-0.2, -0.15) is 4.98 Å². The highest BCUT2D eigenvalue weighted by atomic mass is 32.1. The van der Waals surface area contributed by atoms with Crippen molar-refractivity contribution in [1.82, 2.24) is 9.97 Å². The summed E-state index contributed by atoms with van der Waals surface area (Å²) in [6, 6.07) is 6.56. The topological polar surface area (TPSA) is 49.8 Å². The Kier molecular flexibility index (Phi) is 4.15. The summed E-state index contributed by atoms with van der Waals surface area (Å²) < 4.78 is 0. The summed E-state index contributed by atoms with van der Waals surface area (Å²) in [6.07, 6.45) is 1.01. The van der Waals surface area contributed by atoms with Crippen LogP contribution in [0.1, 0.15) is 17.5 Å². The van der Waals surface area contributed by atoms with Crippen molar-refractivity contribution in [3.05, 3.63) is 34.2 Å². The van der Waals surface area contributed by atoms with Gasteiger partial charge in [0.05, 0.1) is 0 Å². The van der Waals surface area contributed by atoms with Crippen LogP contribution in [0.25, 0.3) is 0 Å². The molecule has 2 heterocycles. The van der Waals surface area contributed by atoms with Crippen LogP contribution in [0, 0.1) is 6.92 Å². The van der Waals surface area contributed by atoms with E-state index in [0.29, 0.717) is 12.0 Å². The van der Waals surface area contributed by atoms with E-state index in [2.05, 4.69) is 45.0 Å². The lowest BCUT2D eigenvalue weighted by Gasteiger charge is -2.14. The van der Waals surface area contributed by atoms with Gasteiger partial charge in [0.25, 0.3) is 0 Å². The van der Waals surface area contributed by atoms with Crippen LogP contribution in [0.5, 0.6) is 0 Å². The Morgan fingerprint density at radius 2 is 2.22 bits per heavy atom. The lowest BCUT2D eigenvalue weighted by molar-refractivity contribution is 0.793. The minimum Gasteiger partial charge on any atom is -0.367 e. The summed E-state index contributed by atoms with van der Waals surface area (Å²) in [5, 5.41) is 8.49. The Morgan fingerprint density at radius 1 is 1.39 bits per heavy atom. The Hall–Kier alpha value is -1.62. The number of thiophene rings is 1. The zero-order chi connectivity index (χ0) is 13.0. The van der Waals surface area contributed by atoms with E-state index in [9.17, 15) is 0 Å². The second-order valence-electron chi connectivity index (χ2n) is 4.30. The highest BCUT2D eigenvalue weighted by Crippen LogP contribution is 2.15. The van der Waals surface area contributed by atoms with Crippen LogP contribution in [0.3, 0.4) is 0 Å². The minimum absolute atomic E-state index is 0.350. The monoisotopic (exact) mass is 262 g/mol. The number of hydrogen-bond donors (Lipinski definition) is 2. The van der Waals surface area contributed by atoms with Gasteiger partial charge in [0.15, 0.2) is 0 Å². The van der Waals surface area contributed by atoms with Gasteiger partial charge in [-0.05, 0) is 25.3 Å². The van der Waals surface area contributed by atoms with Crippen LogP contribution < -0.4 is 10.6 Å². The van der Waals surface area contributed by atoms with Crippen molar-refractivity contribution in [2.45, 2.75) is 26.3 Å². The van der Waals surface area contributed by atoms with Crippen LogP contribution in [0.2, 0.25) is 0 Å². The van der Waals surface area contributed by atoms with Crippen molar-refractivity contribution >= 4 is 23.1 Å². The summed E-state index contributed by atoms with van der Waals surface area (Å²) in [5.74, 6) is 1.52. The second-order valence-corrected chi connectivity index (χ2v) is 5.33. The molecule has 2 N–H and O–H groups in total. The summed E-state index contributed by atoms with van der Waals surface area (Å²) in [5.41, 5.74) is 0.958. The predicted molar refractivity (Wildman–Crippen MR) is 77.4 cm³/mol. The molecule has 96 valence electrons. The van der Waals surface area contributed by atoms with Crippen molar-refractivity contribution < 1.29 is 0 Å². The van der Waals surface area contributed by atoms with Crippen molar-refractivity contribution in [3.8, 4) is 0 Å². The molecule has 0 aliphatic rings. The third kappa shape index (κ3) is 3.43. The molecule has 0 spiro atoms. The highest BCUT2D eigenvalue weighted by molar-refractivity contribution is 7.09. The Labute approximate surface area is 111 Å². The normalized spacial score (nSPS) is 12.2. The van der Waals surface area contributed by atoms with Gasteiger partial charge in [-0.1, -0.05) is 6.07 Å². The SMILES string of the molecule is CNc1nc(C)cc(NC(C)Cc2cccs2)n1. The molecule has 18 heavy (non-hydrogen) atoms. The predicted octanol–water partition coefficient (Wildman–Crippen LogP) is 2.93. The average molecular weight is 262 g/mol. The van der Waals surface area contributed by atoms with Gasteiger partial charge < -0.3 is 10.6 Å². The van der Waals surface area contributed by atoms with Crippen molar-refractivity contribution in [3.63, 3.8) is 0 Å². The molecule has 0 amide bonds. The molecule has 1 unspecified atom stereocenters. The van der Waals surface area contributed by atoms with E-state index in [4.69, 9.17) is 0 Å². The quantitative estimate of drug-likeness (QED) is 0.870. The van der Waals surface area contributed by atoms with Crippen molar-refractivity contribution in [1.29, 1.82) is 0 Å². The van der Waals surface area contributed by atoms with Gasteiger partial charge in [-0.25, -0.2) is 4.98 Å². The Morgan fingerprint density at radius 3 is 2.89 bits per heavy atom. The van der Waals surface area contributed by atoms with E-state index < -0.39 is 0 Å². The summed E-state index contributed by atoms with van der Waals surface area (Å²) in [6.45, 7) is 4.13. The molecule has 1 atom stereocenters. The molecule has 2 aromatic heterocycles. The first-order valence-corrected chi connectivity index (χ1v) is 6.87. The molecule has 0 saturated heterocycles. The molecule has 0 aromatic carbocycles. The Bertz CT molecular complexity index is 496. The fourth-order valence-electron chi connectivity index (χ4n) is 1.79. The molecule has 0 aliphatic carbocycles. The standard InChI is InChI=1S/C13H18N4S/c1-9(7-11-5-4-6-18-11)15-12-8-10(2)16-13(14-3)17-12/h4-6,8-9H,7H2,1-3H3,(H2,14,15,16,17). The van der Waals surface area contributed by atoms with Gasteiger partial charge in [-0.3, -0.25) is 0 Å². The molecular weight excluding hydrogens is 244 g/mol. The molecule has 5 heteroatoms. The third-order valence-electron chi connectivity index (χ3n) is 2.56. The molecule has 2 rings (SSSR count). The number of nitrogens with one attached hydrogen (secondary N) is 2. The van der Waals surface area contributed by atoms with E-state index in [1.807, 2.05) is 20.0 Å². The van der Waals surface area contributed by atoms with Crippen molar-refractivity contribution in [2.75, 3.05) is 17.7 Å². The fraction of sp³-hybridized carbons (Fsp3) is 0.385. The molecule has 0 saturated carbocycles. The van der Waals surface area contributed by atoms with Crippen molar-refractivity contribution in [2.24, 2.45) is 0 Å². The maximum absolute atomic E-state index is 4.39. The van der Waals surface area contributed by atoms with Crippen LogP contribution in [0.15, 0.2) is 23.6 Å². The first kappa shape index (κ1) is 12.8. The second kappa shape index (κ2) is 5.82. The average Bonchev–Trinajstić information content (AvgIpc) is 2.80. The van der Waals surface area contributed by atoms with Crippen LogP contribution >= 0.6 is 11.3 Å². The third-order valence-corrected chi connectivity index (χ3v) is 3.46. The molecule has 2 aromatic rings. The maximum atomic E-state index is 4.39. The summed E-state index contributed by atoms with van der Waals surface area (Å²) in [4.78, 5) is 10.1. The smallest absolute Gasteiger partial charge is 0.224 e. The number of rotatable bonds is 5. The van der Waals surface area contributed by atoms with E-state index in [-0.39, 0.29) is 0 Å². The lowest BCUT2D eigenvalue weighted by atomic mass is 10.2. The first-order chi connectivity index (χ1) is 8.67. The largest absolute Gasteiger partial charge is 0.367 e. The minimum atomic E-state index is 0.350. The molecular formula is C13H18N4S. The fourth-order valence-corrected chi connectivity index (χ4v) is 2.62. The summed E-state index contributed by atoms with van der Waals surface area (Å²) in [7, 11) is 1.83. The first-order valence-electron chi connectivity index (χ1n) is 5.99. The Balaban J connectivity index is 2.02. The van der Waals surface area contributed by atoms with Crippen LogP contribution in [-0.4, -0.2) is 23.1 Å².